The van der Waals surface area contributed by atoms with E-state index >= 15 is 0 Å². The second-order valence-electron chi connectivity index (χ2n) is 3.37. The third-order valence-electron chi connectivity index (χ3n) is 2.10. The van der Waals surface area contributed by atoms with Crippen molar-refractivity contribution in [1.29, 1.82) is 0 Å². The number of hydrogen-bond donors (Lipinski definition) is 0. The van der Waals surface area contributed by atoms with Crippen LogP contribution in [0.15, 0.2) is 16.6 Å². The molecule has 82 valence electrons. The van der Waals surface area contributed by atoms with Crippen molar-refractivity contribution in [2.75, 3.05) is 13.2 Å². The molecule has 1 aromatic rings. The summed E-state index contributed by atoms with van der Waals surface area (Å²) < 4.78 is 37.2. The first-order chi connectivity index (χ1) is 6.98. The van der Waals surface area contributed by atoms with Gasteiger partial charge in [0.05, 0.1) is 4.47 Å². The third kappa shape index (κ3) is 2.07. The van der Waals surface area contributed by atoms with E-state index in [1.807, 2.05) is 0 Å². The molecule has 0 spiro atoms. The van der Waals surface area contributed by atoms with Gasteiger partial charge in [-0.05, 0) is 28.1 Å². The lowest BCUT2D eigenvalue weighted by molar-refractivity contribution is 0.0168. The van der Waals surface area contributed by atoms with Crippen LogP contribution in [0.4, 0.5) is 8.78 Å². The first-order valence-corrected chi connectivity index (χ1v) is 5.25. The molecule has 1 aliphatic heterocycles. The minimum atomic E-state index is -2.88. The molecule has 0 aliphatic carbocycles. The van der Waals surface area contributed by atoms with Crippen LogP contribution in [0.1, 0.15) is 12.5 Å². The van der Waals surface area contributed by atoms with E-state index in [4.69, 9.17) is 9.47 Å². The Balaban J connectivity index is 2.50. The van der Waals surface area contributed by atoms with Gasteiger partial charge in [-0.2, -0.15) is 0 Å². The summed E-state index contributed by atoms with van der Waals surface area (Å²) >= 11 is 3.19. The predicted molar refractivity (Wildman–Crippen MR) is 54.7 cm³/mol. The van der Waals surface area contributed by atoms with Gasteiger partial charge in [0, 0.05) is 12.5 Å². The van der Waals surface area contributed by atoms with Gasteiger partial charge in [0.25, 0.3) is 5.92 Å². The highest BCUT2D eigenvalue weighted by molar-refractivity contribution is 9.10. The van der Waals surface area contributed by atoms with Crippen LogP contribution in [-0.4, -0.2) is 13.2 Å². The molecule has 0 radical (unpaired) electrons. The summed E-state index contributed by atoms with van der Waals surface area (Å²) in [4.78, 5) is 0. The molecule has 0 atom stereocenters. The lowest BCUT2D eigenvalue weighted by Crippen LogP contribution is -2.17. The number of alkyl halides is 2. The van der Waals surface area contributed by atoms with E-state index in [2.05, 4.69) is 15.9 Å². The molecule has 0 unspecified atom stereocenters. The van der Waals surface area contributed by atoms with Crippen molar-refractivity contribution in [2.45, 2.75) is 12.8 Å². The van der Waals surface area contributed by atoms with Crippen LogP contribution in [0.25, 0.3) is 0 Å². The van der Waals surface area contributed by atoms with Gasteiger partial charge in [0.1, 0.15) is 13.2 Å². The van der Waals surface area contributed by atoms with Crippen molar-refractivity contribution in [3.63, 3.8) is 0 Å². The molecular weight excluding hydrogens is 270 g/mol. The summed E-state index contributed by atoms with van der Waals surface area (Å²) in [7, 11) is 0. The molecule has 0 aromatic heterocycles. The van der Waals surface area contributed by atoms with Crippen molar-refractivity contribution >= 4 is 15.9 Å². The molecule has 5 heteroatoms. The van der Waals surface area contributed by atoms with Gasteiger partial charge < -0.3 is 9.47 Å². The van der Waals surface area contributed by atoms with Gasteiger partial charge >= 0.3 is 0 Å². The molecule has 0 amide bonds. The average molecular weight is 279 g/mol. The third-order valence-corrected chi connectivity index (χ3v) is 2.69. The molecule has 1 aliphatic rings. The van der Waals surface area contributed by atoms with E-state index in [-0.39, 0.29) is 5.56 Å². The zero-order chi connectivity index (χ0) is 11.1. The van der Waals surface area contributed by atoms with E-state index < -0.39 is 5.92 Å². The van der Waals surface area contributed by atoms with Crippen LogP contribution in [0.5, 0.6) is 11.5 Å². The molecule has 15 heavy (non-hydrogen) atoms. The number of halogens is 3. The van der Waals surface area contributed by atoms with Crippen LogP contribution in [0, 0.1) is 0 Å². The SMILES string of the molecule is CC(F)(F)c1cc(Br)c2c(c1)OCCO2. The van der Waals surface area contributed by atoms with E-state index in [0.29, 0.717) is 29.2 Å². The molecule has 0 fully saturated rings. The lowest BCUT2D eigenvalue weighted by Gasteiger charge is -2.21. The first kappa shape index (κ1) is 10.7. The molecule has 2 nitrogen and oxygen atoms in total. The highest BCUT2D eigenvalue weighted by atomic mass is 79.9. The predicted octanol–water partition coefficient (Wildman–Crippen LogP) is 3.33. The number of fused-ring (bicyclic) bond motifs is 1. The second-order valence-corrected chi connectivity index (χ2v) is 4.22. The highest BCUT2D eigenvalue weighted by Gasteiger charge is 2.28. The Morgan fingerprint density at radius 2 is 1.93 bits per heavy atom. The van der Waals surface area contributed by atoms with E-state index in [0.717, 1.165) is 6.92 Å². The smallest absolute Gasteiger partial charge is 0.270 e. The Bertz CT molecular complexity index is 388. The standard InChI is InChI=1S/C10H9BrF2O2/c1-10(12,13)6-4-7(11)9-8(5-6)14-2-3-15-9/h4-5H,2-3H2,1H3. The number of hydrogen-bond acceptors (Lipinski definition) is 2. The van der Waals surface area contributed by atoms with E-state index in [9.17, 15) is 8.78 Å². The molecule has 1 aromatic carbocycles. The van der Waals surface area contributed by atoms with Crippen molar-refractivity contribution in [1.82, 2.24) is 0 Å². The van der Waals surface area contributed by atoms with Crippen LogP contribution < -0.4 is 9.47 Å². The molecule has 2 rings (SSSR count). The summed E-state index contributed by atoms with van der Waals surface area (Å²) in [6.07, 6.45) is 0. The van der Waals surface area contributed by atoms with Crippen molar-refractivity contribution in [3.8, 4) is 11.5 Å². The highest BCUT2D eigenvalue weighted by Crippen LogP contribution is 2.42. The van der Waals surface area contributed by atoms with Gasteiger partial charge in [-0.3, -0.25) is 0 Å². The van der Waals surface area contributed by atoms with Crippen molar-refractivity contribution in [2.24, 2.45) is 0 Å². The van der Waals surface area contributed by atoms with Crippen molar-refractivity contribution in [3.05, 3.63) is 22.2 Å². The summed E-state index contributed by atoms with van der Waals surface area (Å²) in [5.41, 5.74) is -0.0846. The quantitative estimate of drug-likeness (QED) is 0.785. The van der Waals surface area contributed by atoms with Gasteiger partial charge in [0.2, 0.25) is 0 Å². The largest absolute Gasteiger partial charge is 0.486 e. The monoisotopic (exact) mass is 278 g/mol. The Kier molecular flexibility index (Phi) is 2.58. The van der Waals surface area contributed by atoms with Gasteiger partial charge in [-0.1, -0.05) is 0 Å². The fourth-order valence-corrected chi connectivity index (χ4v) is 1.92. The summed E-state index contributed by atoms with van der Waals surface area (Å²) in [5.74, 6) is -2.01. The normalized spacial score (nSPS) is 15.2. The van der Waals surface area contributed by atoms with Crippen LogP contribution in [0.3, 0.4) is 0 Å². The van der Waals surface area contributed by atoms with E-state index in [1.54, 1.807) is 0 Å². The molecule has 0 saturated heterocycles. The molecule has 1 heterocycles. The van der Waals surface area contributed by atoms with E-state index in [1.165, 1.54) is 12.1 Å². The second kappa shape index (κ2) is 3.63. The van der Waals surface area contributed by atoms with Gasteiger partial charge in [-0.25, -0.2) is 8.78 Å². The molecular formula is C10H9BrF2O2. The molecule has 0 saturated carbocycles. The number of ether oxygens (including phenoxy) is 2. The summed E-state index contributed by atoms with van der Waals surface area (Å²) in [6.45, 7) is 1.68. The minimum absolute atomic E-state index is 0.0846. The molecule has 0 N–H and O–H groups in total. The lowest BCUT2D eigenvalue weighted by atomic mass is 10.1. The summed E-state index contributed by atoms with van der Waals surface area (Å²) in [6, 6.07) is 2.67. The maximum atomic E-state index is 13.1. The minimum Gasteiger partial charge on any atom is -0.486 e. The zero-order valence-electron chi connectivity index (χ0n) is 8.02. The number of benzene rings is 1. The Morgan fingerprint density at radius 1 is 1.27 bits per heavy atom. The van der Waals surface area contributed by atoms with Gasteiger partial charge in [0.15, 0.2) is 11.5 Å². The Labute approximate surface area is 94.3 Å². The van der Waals surface area contributed by atoms with Crippen LogP contribution in [0.2, 0.25) is 0 Å². The first-order valence-electron chi connectivity index (χ1n) is 4.46. The maximum Gasteiger partial charge on any atom is 0.270 e. The van der Waals surface area contributed by atoms with Crippen LogP contribution in [-0.2, 0) is 5.92 Å². The topological polar surface area (TPSA) is 18.5 Å². The van der Waals surface area contributed by atoms with Crippen LogP contribution >= 0.6 is 15.9 Å². The zero-order valence-corrected chi connectivity index (χ0v) is 9.61. The fraction of sp³-hybridized carbons (Fsp3) is 0.400. The van der Waals surface area contributed by atoms with Crippen molar-refractivity contribution < 1.29 is 18.3 Å². The Morgan fingerprint density at radius 3 is 2.60 bits per heavy atom. The number of rotatable bonds is 1. The average Bonchev–Trinajstić information content (AvgIpc) is 2.16. The maximum absolute atomic E-state index is 13.1. The summed E-state index contributed by atoms with van der Waals surface area (Å²) in [5, 5.41) is 0. The molecule has 0 bridgehead atoms. The Hall–Kier alpha value is -0.840. The fourth-order valence-electron chi connectivity index (χ4n) is 1.36. The van der Waals surface area contributed by atoms with Gasteiger partial charge in [-0.15, -0.1) is 0 Å².